The number of benzene rings is 2. The summed E-state index contributed by atoms with van der Waals surface area (Å²) in [6.07, 6.45) is 8.24. The number of amides is 1. The van der Waals surface area contributed by atoms with Gasteiger partial charge < -0.3 is 19.9 Å². The molecule has 0 saturated carbocycles. The van der Waals surface area contributed by atoms with Gasteiger partial charge in [-0.05, 0) is 67.3 Å². The van der Waals surface area contributed by atoms with Crippen LogP contribution in [0.3, 0.4) is 0 Å². The third-order valence-corrected chi connectivity index (χ3v) is 6.79. The second-order valence-corrected chi connectivity index (χ2v) is 9.87. The van der Waals surface area contributed by atoms with Crippen molar-refractivity contribution in [3.8, 4) is 17.3 Å². The molecular formula is C30H36N10O2. The highest BCUT2D eigenvalue weighted by molar-refractivity contribution is 5.95. The Morgan fingerprint density at radius 3 is 2.74 bits per heavy atom. The second-order valence-electron chi connectivity index (χ2n) is 9.87. The van der Waals surface area contributed by atoms with Crippen LogP contribution in [0.5, 0.6) is 5.75 Å². The molecule has 12 nitrogen and oxygen atoms in total. The molecule has 1 atom stereocenters. The molecule has 0 aliphatic rings. The van der Waals surface area contributed by atoms with Gasteiger partial charge in [0, 0.05) is 36.0 Å². The van der Waals surface area contributed by atoms with Crippen LogP contribution in [0.15, 0.2) is 72.2 Å². The summed E-state index contributed by atoms with van der Waals surface area (Å²) in [5.41, 5.74) is 11.3. The lowest BCUT2D eigenvalue weighted by Gasteiger charge is -2.16. The van der Waals surface area contributed by atoms with Gasteiger partial charge in [0.15, 0.2) is 11.6 Å². The van der Waals surface area contributed by atoms with E-state index in [1.807, 2.05) is 61.0 Å². The smallest absolute Gasteiger partial charge is 0.251 e. The van der Waals surface area contributed by atoms with Gasteiger partial charge in [-0.1, -0.05) is 42.6 Å². The summed E-state index contributed by atoms with van der Waals surface area (Å²) in [6, 6.07) is 16.8. The van der Waals surface area contributed by atoms with Crippen molar-refractivity contribution in [3.05, 3.63) is 94.5 Å². The third-order valence-electron chi connectivity index (χ3n) is 6.79. The van der Waals surface area contributed by atoms with Gasteiger partial charge in [-0.25, -0.2) is 9.97 Å². The lowest BCUT2D eigenvalue weighted by atomic mass is 10.1. The number of hydrogen-bond acceptors (Lipinski definition) is 8. The number of nitrogens with zero attached hydrogens (tertiary/aromatic N) is 8. The van der Waals surface area contributed by atoms with E-state index in [1.165, 1.54) is 6.33 Å². The number of anilines is 1. The van der Waals surface area contributed by atoms with Gasteiger partial charge in [0.05, 0.1) is 19.2 Å². The number of hydrogen-bond donors (Lipinski definition) is 2. The maximum atomic E-state index is 13.1. The van der Waals surface area contributed by atoms with Crippen molar-refractivity contribution in [1.82, 2.24) is 30.0 Å². The van der Waals surface area contributed by atoms with E-state index in [0.29, 0.717) is 36.8 Å². The summed E-state index contributed by atoms with van der Waals surface area (Å²) in [6.45, 7) is 3.59. The van der Waals surface area contributed by atoms with Crippen LogP contribution in [0, 0.1) is 0 Å². The van der Waals surface area contributed by atoms with Crippen LogP contribution in [-0.4, -0.2) is 43.8 Å². The first-order chi connectivity index (χ1) is 20.5. The Balaban J connectivity index is 1.25. The Kier molecular flexibility index (Phi) is 11.2. The van der Waals surface area contributed by atoms with Crippen LogP contribution in [-0.2, 0) is 13.6 Å². The highest BCUT2D eigenvalue weighted by Gasteiger charge is 2.14. The van der Waals surface area contributed by atoms with Crippen molar-refractivity contribution < 1.29 is 9.53 Å². The van der Waals surface area contributed by atoms with Crippen molar-refractivity contribution in [2.45, 2.75) is 51.6 Å². The Bertz CT molecular complexity index is 1480. The van der Waals surface area contributed by atoms with Crippen LogP contribution in [0.1, 0.15) is 66.8 Å². The molecule has 4 rings (SSSR count). The number of carbonyl (C=O) groups excluding carboxylic acids is 1. The number of azide groups is 1. The van der Waals surface area contributed by atoms with Gasteiger partial charge in [-0.15, -0.1) is 10.2 Å². The summed E-state index contributed by atoms with van der Waals surface area (Å²) in [5.74, 6) is 2.01. The molecule has 0 aliphatic carbocycles. The molecule has 42 heavy (non-hydrogen) atoms. The summed E-state index contributed by atoms with van der Waals surface area (Å²) in [7, 11) is 1.89. The van der Waals surface area contributed by atoms with E-state index < -0.39 is 0 Å². The molecule has 0 bridgehead atoms. The highest BCUT2D eigenvalue weighted by atomic mass is 16.5. The third kappa shape index (κ3) is 8.77. The first-order valence-corrected chi connectivity index (χ1v) is 14.1. The number of carbonyl (C=O) groups is 1. The number of rotatable bonds is 16. The van der Waals surface area contributed by atoms with Crippen molar-refractivity contribution in [1.29, 1.82) is 0 Å². The van der Waals surface area contributed by atoms with E-state index in [-0.39, 0.29) is 11.9 Å². The standard InChI is InChI=1S/C30H36N10O2/c1-22(23-10-9-13-26(19-23)42-17-7-5-3-4-6-15-35-39-31)36-30(41)24-11-8-12-25(18-24)33-20-28-37-38-29(40(28)2)27-14-16-32-21-34-27/h8-14,16,18-19,21-22,33H,3-7,15,17,20H2,1-2H3,(H,36,41)/t22-/m1/s1. The Morgan fingerprint density at radius 1 is 1.07 bits per heavy atom. The van der Waals surface area contributed by atoms with Crippen LogP contribution in [0.25, 0.3) is 22.0 Å². The lowest BCUT2D eigenvalue weighted by molar-refractivity contribution is 0.0940. The zero-order valence-corrected chi connectivity index (χ0v) is 24.0. The first kappa shape index (κ1) is 30.0. The molecule has 1 amide bonds. The normalized spacial score (nSPS) is 11.4. The van der Waals surface area contributed by atoms with E-state index in [2.05, 4.69) is 40.8 Å². The average Bonchev–Trinajstić information content (AvgIpc) is 3.39. The molecule has 0 unspecified atom stereocenters. The van der Waals surface area contributed by atoms with Gasteiger partial charge in [0.2, 0.25) is 0 Å². The van der Waals surface area contributed by atoms with Gasteiger partial charge in [0.25, 0.3) is 5.91 Å². The second kappa shape index (κ2) is 15.7. The maximum Gasteiger partial charge on any atom is 0.251 e. The first-order valence-electron chi connectivity index (χ1n) is 14.1. The minimum atomic E-state index is -0.201. The largest absolute Gasteiger partial charge is 0.494 e. The predicted octanol–water partition coefficient (Wildman–Crippen LogP) is 6.01. The fourth-order valence-corrected chi connectivity index (χ4v) is 4.40. The van der Waals surface area contributed by atoms with Crippen molar-refractivity contribution in [3.63, 3.8) is 0 Å². The Morgan fingerprint density at radius 2 is 1.90 bits per heavy atom. The number of unbranched alkanes of at least 4 members (excludes halogenated alkanes) is 4. The van der Waals surface area contributed by atoms with E-state index in [9.17, 15) is 4.79 Å². The summed E-state index contributed by atoms with van der Waals surface area (Å²) in [5, 5.41) is 18.5. The fourth-order valence-electron chi connectivity index (χ4n) is 4.40. The van der Waals surface area contributed by atoms with Gasteiger partial charge >= 0.3 is 0 Å². The van der Waals surface area contributed by atoms with Crippen molar-refractivity contribution >= 4 is 11.6 Å². The molecule has 4 aromatic rings. The molecule has 0 radical (unpaired) electrons. The van der Waals surface area contributed by atoms with E-state index in [4.69, 9.17) is 10.3 Å². The Hall–Kier alpha value is -4.96. The quantitative estimate of drug-likeness (QED) is 0.0725. The molecule has 12 heteroatoms. The molecule has 2 aromatic heterocycles. The predicted molar refractivity (Wildman–Crippen MR) is 161 cm³/mol. The molecule has 2 N–H and O–H groups in total. The van der Waals surface area contributed by atoms with Crippen LogP contribution in [0.4, 0.5) is 5.69 Å². The fraction of sp³-hybridized carbons (Fsp3) is 0.367. The van der Waals surface area contributed by atoms with Gasteiger partial charge in [-0.2, -0.15) is 0 Å². The zero-order valence-electron chi connectivity index (χ0n) is 24.0. The molecule has 0 fully saturated rings. The molecule has 0 spiro atoms. The lowest BCUT2D eigenvalue weighted by Crippen LogP contribution is -2.26. The van der Waals surface area contributed by atoms with Gasteiger partial charge in [0.1, 0.15) is 17.8 Å². The van der Waals surface area contributed by atoms with Crippen LogP contribution < -0.4 is 15.4 Å². The molecule has 0 saturated heterocycles. The summed E-state index contributed by atoms with van der Waals surface area (Å²) < 4.78 is 7.82. The molecule has 2 aromatic carbocycles. The van der Waals surface area contributed by atoms with E-state index in [0.717, 1.165) is 54.9 Å². The summed E-state index contributed by atoms with van der Waals surface area (Å²) >= 11 is 0. The van der Waals surface area contributed by atoms with Crippen LogP contribution in [0.2, 0.25) is 0 Å². The Labute approximate surface area is 245 Å². The maximum absolute atomic E-state index is 13.1. The van der Waals surface area contributed by atoms with Crippen LogP contribution >= 0.6 is 0 Å². The van der Waals surface area contributed by atoms with E-state index >= 15 is 0 Å². The molecule has 0 aliphatic heterocycles. The monoisotopic (exact) mass is 568 g/mol. The highest BCUT2D eigenvalue weighted by Crippen LogP contribution is 2.21. The zero-order chi connectivity index (χ0) is 29.6. The SMILES string of the molecule is C[C@@H](NC(=O)c1cccc(NCc2nnc(-c3ccncn3)n2C)c1)c1cccc(OCCCCCCCN=[N+]=[N-])c1. The average molecular weight is 569 g/mol. The number of ether oxygens (including phenoxy) is 1. The van der Waals surface area contributed by atoms with E-state index in [1.54, 1.807) is 18.3 Å². The summed E-state index contributed by atoms with van der Waals surface area (Å²) in [4.78, 5) is 24.0. The minimum absolute atomic E-state index is 0.164. The number of aromatic nitrogens is 5. The minimum Gasteiger partial charge on any atom is -0.494 e. The molecule has 2 heterocycles. The topological polar surface area (TPSA) is 156 Å². The molecule has 218 valence electrons. The van der Waals surface area contributed by atoms with Crippen molar-refractivity contribution in [2.24, 2.45) is 12.2 Å². The number of nitrogens with one attached hydrogen (secondary N) is 2. The van der Waals surface area contributed by atoms with Gasteiger partial charge in [-0.3, -0.25) is 4.79 Å². The van der Waals surface area contributed by atoms with Crippen molar-refractivity contribution in [2.75, 3.05) is 18.5 Å². The molecular weight excluding hydrogens is 532 g/mol.